The number of halogens is 1. The summed E-state index contributed by atoms with van der Waals surface area (Å²) < 4.78 is 5.22. The number of carbonyl (C=O) groups excluding carboxylic acids is 2. The monoisotopic (exact) mass is 436 g/mol. The zero-order valence-electron chi connectivity index (χ0n) is 16.8. The van der Waals surface area contributed by atoms with Gasteiger partial charge in [-0.25, -0.2) is 9.97 Å². The summed E-state index contributed by atoms with van der Waals surface area (Å²) in [6.45, 7) is 2.37. The van der Waals surface area contributed by atoms with E-state index in [1.165, 1.54) is 6.26 Å². The van der Waals surface area contributed by atoms with Crippen LogP contribution < -0.4 is 4.90 Å². The van der Waals surface area contributed by atoms with Crippen molar-refractivity contribution in [3.8, 4) is 0 Å². The summed E-state index contributed by atoms with van der Waals surface area (Å²) in [5.41, 5.74) is 2.49. The highest BCUT2D eigenvalue weighted by atomic mass is 35.5. The van der Waals surface area contributed by atoms with Crippen LogP contribution in [0.1, 0.15) is 44.5 Å². The average Bonchev–Trinajstić information content (AvgIpc) is 3.34. The number of nitrogens with zero attached hydrogens (tertiary/aromatic N) is 4. The lowest BCUT2D eigenvalue weighted by Crippen LogP contribution is -2.49. The number of benzene rings is 1. The molecule has 0 radical (unpaired) electrons. The van der Waals surface area contributed by atoms with Crippen LogP contribution in [0.4, 0.5) is 5.95 Å². The second kappa shape index (κ2) is 8.15. The van der Waals surface area contributed by atoms with Crippen LogP contribution in [0.5, 0.6) is 0 Å². The molecule has 0 bridgehead atoms. The van der Waals surface area contributed by atoms with Crippen molar-refractivity contribution < 1.29 is 14.0 Å². The Hall–Kier alpha value is -3.19. The van der Waals surface area contributed by atoms with E-state index in [1.807, 2.05) is 24.3 Å². The molecule has 3 aromatic rings. The molecular weight excluding hydrogens is 416 g/mol. The average molecular weight is 437 g/mol. The molecule has 1 atom stereocenters. The molecule has 0 N–H and O–H groups in total. The maximum atomic E-state index is 12.7. The number of amides is 1. The van der Waals surface area contributed by atoms with Gasteiger partial charge in [-0.1, -0.05) is 23.7 Å². The van der Waals surface area contributed by atoms with Gasteiger partial charge < -0.3 is 14.2 Å². The smallest absolute Gasteiger partial charge is 0.289 e. The maximum Gasteiger partial charge on any atom is 0.289 e. The van der Waals surface area contributed by atoms with Crippen molar-refractivity contribution in [2.45, 2.75) is 18.8 Å². The molecule has 1 saturated heterocycles. The van der Waals surface area contributed by atoms with Gasteiger partial charge in [0.1, 0.15) is 0 Å². The highest BCUT2D eigenvalue weighted by molar-refractivity contribution is 6.30. The van der Waals surface area contributed by atoms with Crippen LogP contribution in [0.2, 0.25) is 5.02 Å². The number of aromatic nitrogens is 2. The van der Waals surface area contributed by atoms with E-state index in [-0.39, 0.29) is 17.6 Å². The molecule has 2 aliphatic rings. The summed E-state index contributed by atoms with van der Waals surface area (Å²) in [5, 5.41) is 0.681. The minimum absolute atomic E-state index is 0.0709. The Morgan fingerprint density at radius 2 is 1.84 bits per heavy atom. The first-order chi connectivity index (χ1) is 15.1. The number of furan rings is 1. The highest BCUT2D eigenvalue weighted by Crippen LogP contribution is 2.33. The highest BCUT2D eigenvalue weighted by Gasteiger charge is 2.30. The van der Waals surface area contributed by atoms with Crippen molar-refractivity contribution in [2.75, 3.05) is 31.1 Å². The van der Waals surface area contributed by atoms with Crippen molar-refractivity contribution in [2.24, 2.45) is 0 Å². The van der Waals surface area contributed by atoms with Gasteiger partial charge >= 0.3 is 0 Å². The Kier molecular flexibility index (Phi) is 5.19. The van der Waals surface area contributed by atoms with E-state index in [1.54, 1.807) is 23.2 Å². The van der Waals surface area contributed by atoms with Gasteiger partial charge in [-0.15, -0.1) is 0 Å². The van der Waals surface area contributed by atoms with E-state index in [0.29, 0.717) is 61.3 Å². The van der Waals surface area contributed by atoms with Crippen molar-refractivity contribution in [3.63, 3.8) is 0 Å². The molecule has 1 aliphatic carbocycles. The Morgan fingerprint density at radius 1 is 1.06 bits per heavy atom. The van der Waals surface area contributed by atoms with E-state index in [2.05, 4.69) is 9.88 Å². The fourth-order valence-corrected chi connectivity index (χ4v) is 4.35. The number of carbonyl (C=O) groups is 2. The van der Waals surface area contributed by atoms with E-state index in [0.717, 1.165) is 11.3 Å². The predicted octanol–water partition coefficient (Wildman–Crippen LogP) is 3.60. The second-order valence-corrected chi connectivity index (χ2v) is 8.30. The largest absolute Gasteiger partial charge is 0.459 e. The van der Waals surface area contributed by atoms with Crippen molar-refractivity contribution in [1.29, 1.82) is 0 Å². The number of rotatable bonds is 3. The lowest BCUT2D eigenvalue weighted by atomic mass is 9.82. The van der Waals surface area contributed by atoms with Crippen LogP contribution in [0.15, 0.2) is 53.3 Å². The number of anilines is 1. The molecular formula is C23H21ClN4O3. The van der Waals surface area contributed by atoms with Crippen LogP contribution in [0.25, 0.3) is 0 Å². The lowest BCUT2D eigenvalue weighted by Gasteiger charge is -2.34. The summed E-state index contributed by atoms with van der Waals surface area (Å²) in [4.78, 5) is 38.2. The van der Waals surface area contributed by atoms with Crippen molar-refractivity contribution >= 4 is 29.2 Å². The predicted molar refractivity (Wildman–Crippen MR) is 116 cm³/mol. The molecule has 1 aliphatic heterocycles. The van der Waals surface area contributed by atoms with Crippen LogP contribution in [0, 0.1) is 0 Å². The molecule has 1 aromatic carbocycles. The minimum Gasteiger partial charge on any atom is -0.459 e. The van der Waals surface area contributed by atoms with Gasteiger partial charge in [-0.2, -0.15) is 0 Å². The summed E-state index contributed by atoms with van der Waals surface area (Å²) in [5.74, 6) is 1.01. The molecule has 0 spiro atoms. The van der Waals surface area contributed by atoms with Crippen molar-refractivity contribution in [3.05, 3.63) is 76.5 Å². The molecule has 1 fully saturated rings. The Balaban J connectivity index is 1.30. The molecule has 0 saturated carbocycles. The third-order valence-corrected chi connectivity index (χ3v) is 6.20. The van der Waals surface area contributed by atoms with Crippen molar-refractivity contribution in [1.82, 2.24) is 14.9 Å². The molecule has 5 rings (SSSR count). The Bertz CT molecular complexity index is 1110. The van der Waals surface area contributed by atoms with E-state index in [4.69, 9.17) is 21.0 Å². The number of ketones is 1. The van der Waals surface area contributed by atoms with Gasteiger partial charge in [-0.05, 0) is 42.2 Å². The first-order valence-electron chi connectivity index (χ1n) is 10.3. The van der Waals surface area contributed by atoms with Crippen LogP contribution in [-0.4, -0.2) is 52.7 Å². The van der Waals surface area contributed by atoms with Gasteiger partial charge in [0, 0.05) is 43.8 Å². The molecule has 2 aromatic heterocycles. The summed E-state index contributed by atoms with van der Waals surface area (Å²) in [7, 11) is 0. The third kappa shape index (κ3) is 3.93. The molecule has 31 heavy (non-hydrogen) atoms. The first kappa shape index (κ1) is 19.8. The molecule has 1 amide bonds. The molecule has 7 nitrogen and oxygen atoms in total. The minimum atomic E-state index is -0.104. The standard InChI is InChI=1S/C23H21ClN4O3/c24-17-5-3-15(4-6-17)16-12-19-18(20(29)13-16)14-25-23(26-19)28-9-7-27(8-10-28)22(30)21-2-1-11-31-21/h1-6,11,14,16H,7-10,12-13H2/t16-/m0/s1. The maximum absolute atomic E-state index is 12.7. The summed E-state index contributed by atoms with van der Waals surface area (Å²) >= 11 is 6.00. The number of hydrogen-bond donors (Lipinski definition) is 0. The zero-order chi connectivity index (χ0) is 21.4. The Morgan fingerprint density at radius 3 is 2.55 bits per heavy atom. The molecule has 3 heterocycles. The van der Waals surface area contributed by atoms with Crippen LogP contribution in [-0.2, 0) is 6.42 Å². The van der Waals surface area contributed by atoms with Gasteiger partial charge in [0.2, 0.25) is 5.95 Å². The van der Waals surface area contributed by atoms with Gasteiger partial charge in [-0.3, -0.25) is 9.59 Å². The zero-order valence-corrected chi connectivity index (χ0v) is 17.6. The number of Topliss-reactive ketones (excluding diaryl/α,β-unsaturated/α-hetero) is 1. The number of piperazine rings is 1. The summed E-state index contributed by atoms with van der Waals surface area (Å²) in [6.07, 6.45) is 4.29. The topological polar surface area (TPSA) is 79.5 Å². The molecule has 0 unspecified atom stereocenters. The molecule has 158 valence electrons. The van der Waals surface area contributed by atoms with E-state index in [9.17, 15) is 9.59 Å². The van der Waals surface area contributed by atoms with Crippen LogP contribution >= 0.6 is 11.6 Å². The first-order valence-corrected chi connectivity index (χ1v) is 10.7. The van der Waals surface area contributed by atoms with Crippen LogP contribution in [0.3, 0.4) is 0 Å². The fraction of sp³-hybridized carbons (Fsp3) is 0.304. The van der Waals surface area contributed by atoms with Gasteiger partial charge in [0.25, 0.3) is 5.91 Å². The van der Waals surface area contributed by atoms with E-state index >= 15 is 0 Å². The summed E-state index contributed by atoms with van der Waals surface area (Å²) in [6, 6.07) is 11.0. The number of fused-ring (bicyclic) bond motifs is 1. The fourth-order valence-electron chi connectivity index (χ4n) is 4.22. The van der Waals surface area contributed by atoms with E-state index < -0.39 is 0 Å². The quantitative estimate of drug-likeness (QED) is 0.624. The molecule has 8 heteroatoms. The third-order valence-electron chi connectivity index (χ3n) is 5.95. The Labute approximate surface area is 184 Å². The second-order valence-electron chi connectivity index (χ2n) is 7.87. The number of hydrogen-bond acceptors (Lipinski definition) is 6. The van der Waals surface area contributed by atoms with Gasteiger partial charge in [0.15, 0.2) is 11.5 Å². The lowest BCUT2D eigenvalue weighted by molar-refractivity contribution is 0.0714. The normalized spacial score (nSPS) is 18.7. The SMILES string of the molecule is O=C1C[C@@H](c2ccc(Cl)cc2)Cc2nc(N3CCN(C(=O)c4ccco4)CC3)ncc21. The van der Waals surface area contributed by atoms with Gasteiger partial charge in [0.05, 0.1) is 17.5 Å².